The second-order valence-electron chi connectivity index (χ2n) is 4.45. The molecule has 0 aliphatic rings. The fourth-order valence-corrected chi connectivity index (χ4v) is 2.22. The molecule has 0 radical (unpaired) electrons. The Hall–Kier alpha value is -1.43. The summed E-state index contributed by atoms with van der Waals surface area (Å²) in [6, 6.07) is 0.258. The lowest BCUT2D eigenvalue weighted by atomic mass is 10.0. The van der Waals surface area contributed by atoms with Crippen molar-refractivity contribution < 1.29 is 4.92 Å². The molecule has 1 N–H and O–H groups in total. The molecule has 1 atom stereocenters. The second kappa shape index (κ2) is 6.49. The minimum atomic E-state index is -0.306. The molecule has 0 aliphatic heterocycles. The average molecular weight is 254 g/mol. The van der Waals surface area contributed by atoms with Gasteiger partial charge in [-0.25, -0.2) is 0 Å². The van der Waals surface area contributed by atoms with E-state index in [1.807, 2.05) is 14.0 Å². The molecular weight excluding hydrogens is 232 g/mol. The van der Waals surface area contributed by atoms with Gasteiger partial charge in [0, 0.05) is 19.5 Å². The molecule has 0 amide bonds. The van der Waals surface area contributed by atoms with Gasteiger partial charge in [-0.1, -0.05) is 20.3 Å². The first-order chi connectivity index (χ1) is 8.54. The van der Waals surface area contributed by atoms with Crippen LogP contribution in [0.5, 0.6) is 0 Å². The van der Waals surface area contributed by atoms with Gasteiger partial charge in [-0.15, -0.1) is 0 Å². The first kappa shape index (κ1) is 14.6. The van der Waals surface area contributed by atoms with Crippen molar-refractivity contribution in [3.05, 3.63) is 21.5 Å². The molecule has 6 heteroatoms. The lowest BCUT2D eigenvalue weighted by molar-refractivity contribution is -0.386. The van der Waals surface area contributed by atoms with Crippen LogP contribution in [0.1, 0.15) is 38.1 Å². The smallest absolute Gasteiger partial charge is 0.313 e. The van der Waals surface area contributed by atoms with Crippen LogP contribution in [-0.4, -0.2) is 27.8 Å². The minimum absolute atomic E-state index is 0.191. The van der Waals surface area contributed by atoms with E-state index in [2.05, 4.69) is 17.3 Å². The number of aryl methyl sites for hydroxylation is 2. The third kappa shape index (κ3) is 3.07. The van der Waals surface area contributed by atoms with E-state index < -0.39 is 0 Å². The number of aromatic nitrogens is 2. The number of nitro groups is 1. The molecule has 102 valence electrons. The number of rotatable bonds is 7. The van der Waals surface area contributed by atoms with Crippen molar-refractivity contribution >= 4 is 5.69 Å². The molecule has 1 heterocycles. The molecule has 1 aromatic rings. The summed E-state index contributed by atoms with van der Waals surface area (Å²) in [5, 5.41) is 18.6. The van der Waals surface area contributed by atoms with E-state index in [4.69, 9.17) is 0 Å². The maximum Gasteiger partial charge on any atom is 0.313 e. The van der Waals surface area contributed by atoms with Crippen molar-refractivity contribution in [1.82, 2.24) is 15.1 Å². The second-order valence-corrected chi connectivity index (χ2v) is 4.45. The lowest BCUT2D eigenvalue weighted by Crippen LogP contribution is -2.28. The van der Waals surface area contributed by atoms with Gasteiger partial charge in [0.1, 0.15) is 11.4 Å². The normalized spacial score (nSPS) is 12.7. The number of nitrogens with zero attached hydrogens (tertiary/aromatic N) is 3. The van der Waals surface area contributed by atoms with E-state index in [0.717, 1.165) is 12.8 Å². The fraction of sp³-hybridized carbons (Fsp3) is 0.750. The summed E-state index contributed by atoms with van der Waals surface area (Å²) in [7, 11) is 3.67. The van der Waals surface area contributed by atoms with Crippen molar-refractivity contribution in [1.29, 1.82) is 0 Å². The Morgan fingerprint density at radius 1 is 1.50 bits per heavy atom. The van der Waals surface area contributed by atoms with Crippen LogP contribution in [0.4, 0.5) is 5.69 Å². The zero-order chi connectivity index (χ0) is 13.7. The van der Waals surface area contributed by atoms with Crippen LogP contribution in [-0.2, 0) is 19.9 Å². The van der Waals surface area contributed by atoms with Crippen LogP contribution >= 0.6 is 0 Å². The van der Waals surface area contributed by atoms with Crippen LogP contribution in [0.3, 0.4) is 0 Å². The summed E-state index contributed by atoms with van der Waals surface area (Å²) in [5.74, 6) is 0. The van der Waals surface area contributed by atoms with Crippen LogP contribution < -0.4 is 5.32 Å². The molecule has 1 rings (SSSR count). The molecule has 0 aromatic carbocycles. The van der Waals surface area contributed by atoms with Gasteiger partial charge in [0.25, 0.3) is 0 Å². The summed E-state index contributed by atoms with van der Waals surface area (Å²) in [6.07, 6.45) is 3.28. The Balaban J connectivity index is 3.06. The summed E-state index contributed by atoms with van der Waals surface area (Å²) >= 11 is 0. The quantitative estimate of drug-likeness (QED) is 0.595. The van der Waals surface area contributed by atoms with Crippen LogP contribution in [0.2, 0.25) is 0 Å². The highest BCUT2D eigenvalue weighted by Gasteiger charge is 2.26. The van der Waals surface area contributed by atoms with E-state index in [0.29, 0.717) is 24.2 Å². The van der Waals surface area contributed by atoms with Gasteiger partial charge in [-0.2, -0.15) is 5.10 Å². The maximum atomic E-state index is 11.2. The third-order valence-corrected chi connectivity index (χ3v) is 3.21. The van der Waals surface area contributed by atoms with Crippen LogP contribution in [0.25, 0.3) is 0 Å². The highest BCUT2D eigenvalue weighted by Crippen LogP contribution is 2.25. The molecule has 0 saturated heterocycles. The van der Waals surface area contributed by atoms with E-state index in [1.54, 1.807) is 11.7 Å². The topological polar surface area (TPSA) is 73.0 Å². The average Bonchev–Trinajstić information content (AvgIpc) is 2.65. The molecule has 1 aromatic heterocycles. The summed E-state index contributed by atoms with van der Waals surface area (Å²) in [6.45, 7) is 4.00. The van der Waals surface area contributed by atoms with Crippen molar-refractivity contribution in [2.24, 2.45) is 7.05 Å². The molecule has 18 heavy (non-hydrogen) atoms. The zero-order valence-electron chi connectivity index (χ0n) is 11.6. The summed E-state index contributed by atoms with van der Waals surface area (Å²) < 4.78 is 1.65. The van der Waals surface area contributed by atoms with Gasteiger partial charge in [0.05, 0.1) is 4.92 Å². The Morgan fingerprint density at radius 3 is 2.61 bits per heavy atom. The maximum absolute atomic E-state index is 11.2. The molecule has 0 bridgehead atoms. The number of hydrogen-bond acceptors (Lipinski definition) is 4. The fourth-order valence-electron chi connectivity index (χ4n) is 2.22. The van der Waals surface area contributed by atoms with Gasteiger partial charge in [-0.05, 0) is 19.9 Å². The molecule has 0 saturated carbocycles. The molecular formula is C12H22N4O2. The van der Waals surface area contributed by atoms with E-state index in [-0.39, 0.29) is 16.7 Å². The summed E-state index contributed by atoms with van der Waals surface area (Å²) in [4.78, 5) is 10.9. The molecule has 0 spiro atoms. The van der Waals surface area contributed by atoms with Crippen LogP contribution in [0, 0.1) is 10.1 Å². The Bertz CT molecular complexity index is 414. The van der Waals surface area contributed by atoms with Crippen molar-refractivity contribution in [2.45, 2.75) is 45.6 Å². The zero-order valence-corrected chi connectivity index (χ0v) is 11.6. The van der Waals surface area contributed by atoms with Crippen molar-refractivity contribution in [2.75, 3.05) is 7.05 Å². The van der Waals surface area contributed by atoms with E-state index in [1.165, 1.54) is 0 Å². The largest absolute Gasteiger partial charge is 0.317 e. The predicted octanol–water partition coefficient (Wildman–Crippen LogP) is 1.82. The van der Waals surface area contributed by atoms with Crippen LogP contribution in [0.15, 0.2) is 0 Å². The van der Waals surface area contributed by atoms with E-state index in [9.17, 15) is 10.1 Å². The first-order valence-electron chi connectivity index (χ1n) is 6.41. The number of likely N-dealkylation sites (N-methyl/N-ethyl adjacent to an activating group) is 1. The highest BCUT2D eigenvalue weighted by atomic mass is 16.6. The third-order valence-electron chi connectivity index (χ3n) is 3.21. The lowest BCUT2D eigenvalue weighted by Gasteiger charge is -2.14. The van der Waals surface area contributed by atoms with Gasteiger partial charge in [0.15, 0.2) is 0 Å². The highest BCUT2D eigenvalue weighted by molar-refractivity contribution is 5.41. The number of nitrogens with one attached hydrogen (secondary N) is 1. The van der Waals surface area contributed by atoms with Crippen molar-refractivity contribution in [3.8, 4) is 0 Å². The molecule has 1 unspecified atom stereocenters. The number of hydrogen-bond donors (Lipinski definition) is 1. The van der Waals surface area contributed by atoms with E-state index >= 15 is 0 Å². The Morgan fingerprint density at radius 2 is 2.17 bits per heavy atom. The monoisotopic (exact) mass is 254 g/mol. The Kier molecular flexibility index (Phi) is 5.27. The molecule has 0 aliphatic carbocycles. The van der Waals surface area contributed by atoms with Gasteiger partial charge < -0.3 is 5.32 Å². The van der Waals surface area contributed by atoms with Gasteiger partial charge in [-0.3, -0.25) is 14.8 Å². The first-order valence-corrected chi connectivity index (χ1v) is 6.41. The summed E-state index contributed by atoms with van der Waals surface area (Å²) in [5.41, 5.74) is 1.48. The van der Waals surface area contributed by atoms with Crippen molar-refractivity contribution in [3.63, 3.8) is 0 Å². The van der Waals surface area contributed by atoms with Gasteiger partial charge >= 0.3 is 5.69 Å². The Labute approximate surface area is 108 Å². The van der Waals surface area contributed by atoms with Gasteiger partial charge in [0.2, 0.25) is 0 Å². The predicted molar refractivity (Wildman–Crippen MR) is 70.7 cm³/mol. The standard InChI is InChI=1S/C12H22N4O2/c1-5-7-9(13-3)8-11-12(16(17)18)10(6-2)14-15(11)4/h9,13H,5-8H2,1-4H3. The minimum Gasteiger partial charge on any atom is -0.317 e. The SMILES string of the molecule is CCCC(Cc1c([N+](=O)[O-])c(CC)nn1C)NC. The molecule has 6 nitrogen and oxygen atoms in total. The molecule has 0 fully saturated rings.